The van der Waals surface area contributed by atoms with Crippen LogP contribution < -0.4 is 10.1 Å². The minimum atomic E-state index is -0.219. The Morgan fingerprint density at radius 3 is 2.48 bits per heavy atom. The van der Waals surface area contributed by atoms with Crippen LogP contribution in [0.4, 0.5) is 0 Å². The topological polar surface area (TPSA) is 95.1 Å². The number of benzene rings is 1. The Bertz CT molecular complexity index is 1270. The molecule has 4 rings (SSSR count). The van der Waals surface area contributed by atoms with Crippen molar-refractivity contribution in [3.63, 3.8) is 0 Å². The standard InChI is InChI=1S/C23H25N5O3/c1-12(20-13(2)26-28(5)15(20)4)24-22(29)18-11-19(16-7-9-17(30-6)10-8-16)25-23-21(18)14(3)27-31-23/h7-12H,1-6H3,(H,24,29). The Balaban J connectivity index is 1.74. The predicted octanol–water partition coefficient (Wildman–Crippen LogP) is 4.05. The molecule has 1 amide bonds. The lowest BCUT2D eigenvalue weighted by atomic mass is 10.0. The fourth-order valence-corrected chi connectivity index (χ4v) is 3.95. The highest BCUT2D eigenvalue weighted by atomic mass is 16.5. The molecule has 0 fully saturated rings. The van der Waals surface area contributed by atoms with Gasteiger partial charge in [0.05, 0.1) is 41.2 Å². The van der Waals surface area contributed by atoms with Crippen LogP contribution in [0.2, 0.25) is 0 Å². The number of methoxy groups -OCH3 is 1. The molecule has 1 N–H and O–H groups in total. The van der Waals surface area contributed by atoms with Crippen LogP contribution in [0.3, 0.4) is 0 Å². The Labute approximate surface area is 180 Å². The number of hydrogen-bond donors (Lipinski definition) is 1. The SMILES string of the molecule is COc1ccc(-c2cc(C(=O)NC(C)c3c(C)nn(C)c3C)c3c(C)noc3n2)cc1. The number of rotatable bonds is 5. The maximum Gasteiger partial charge on any atom is 0.259 e. The van der Waals surface area contributed by atoms with Crippen molar-refractivity contribution in [1.82, 2.24) is 25.2 Å². The molecule has 0 saturated carbocycles. The molecule has 0 spiro atoms. The Hall–Kier alpha value is -3.68. The molecule has 160 valence electrons. The van der Waals surface area contributed by atoms with Gasteiger partial charge in [-0.05, 0) is 58.0 Å². The highest BCUT2D eigenvalue weighted by Gasteiger charge is 2.23. The summed E-state index contributed by atoms with van der Waals surface area (Å²) >= 11 is 0. The fourth-order valence-electron chi connectivity index (χ4n) is 3.95. The molecule has 0 aliphatic rings. The summed E-state index contributed by atoms with van der Waals surface area (Å²) in [5.74, 6) is 0.526. The number of hydrogen-bond acceptors (Lipinski definition) is 6. The third-order valence-electron chi connectivity index (χ3n) is 5.59. The van der Waals surface area contributed by atoms with Gasteiger partial charge in [-0.25, -0.2) is 4.98 Å². The number of aryl methyl sites for hydroxylation is 3. The maximum atomic E-state index is 13.4. The van der Waals surface area contributed by atoms with Crippen LogP contribution in [0.25, 0.3) is 22.4 Å². The van der Waals surface area contributed by atoms with E-state index >= 15 is 0 Å². The summed E-state index contributed by atoms with van der Waals surface area (Å²) in [4.78, 5) is 17.9. The van der Waals surface area contributed by atoms with E-state index in [1.165, 1.54) is 0 Å². The van der Waals surface area contributed by atoms with Gasteiger partial charge in [0.2, 0.25) is 0 Å². The predicted molar refractivity (Wildman–Crippen MR) is 117 cm³/mol. The Morgan fingerprint density at radius 2 is 1.87 bits per heavy atom. The van der Waals surface area contributed by atoms with Crippen molar-refractivity contribution in [1.29, 1.82) is 0 Å². The number of ether oxygens (including phenoxy) is 1. The van der Waals surface area contributed by atoms with E-state index < -0.39 is 0 Å². The maximum absolute atomic E-state index is 13.4. The molecule has 4 aromatic rings. The van der Waals surface area contributed by atoms with Crippen LogP contribution in [0.5, 0.6) is 5.75 Å². The van der Waals surface area contributed by atoms with Gasteiger partial charge in [0.1, 0.15) is 5.75 Å². The summed E-state index contributed by atoms with van der Waals surface area (Å²) in [7, 11) is 3.51. The average Bonchev–Trinajstić information content (AvgIpc) is 3.25. The zero-order valence-electron chi connectivity index (χ0n) is 18.5. The van der Waals surface area contributed by atoms with Gasteiger partial charge in [0, 0.05) is 23.9 Å². The van der Waals surface area contributed by atoms with Gasteiger partial charge in [0.15, 0.2) is 0 Å². The lowest BCUT2D eigenvalue weighted by Gasteiger charge is -2.16. The van der Waals surface area contributed by atoms with Crippen molar-refractivity contribution in [2.75, 3.05) is 7.11 Å². The number of nitrogens with zero attached hydrogens (tertiary/aromatic N) is 4. The van der Waals surface area contributed by atoms with E-state index in [-0.39, 0.29) is 11.9 Å². The first-order valence-corrected chi connectivity index (χ1v) is 10.0. The van der Waals surface area contributed by atoms with Crippen molar-refractivity contribution in [3.05, 3.63) is 58.5 Å². The molecule has 0 aliphatic carbocycles. The first-order chi connectivity index (χ1) is 14.8. The van der Waals surface area contributed by atoms with Crippen molar-refractivity contribution in [3.8, 4) is 17.0 Å². The summed E-state index contributed by atoms with van der Waals surface area (Å²) in [6.45, 7) is 7.70. The largest absolute Gasteiger partial charge is 0.497 e. The monoisotopic (exact) mass is 419 g/mol. The zero-order valence-corrected chi connectivity index (χ0v) is 18.5. The van der Waals surface area contributed by atoms with E-state index in [4.69, 9.17) is 9.26 Å². The molecule has 31 heavy (non-hydrogen) atoms. The van der Waals surface area contributed by atoms with Crippen molar-refractivity contribution < 1.29 is 14.1 Å². The molecule has 0 aliphatic heterocycles. The Morgan fingerprint density at radius 1 is 1.16 bits per heavy atom. The van der Waals surface area contributed by atoms with Gasteiger partial charge in [-0.2, -0.15) is 5.10 Å². The normalized spacial score (nSPS) is 12.2. The number of fused-ring (bicyclic) bond motifs is 1. The highest BCUT2D eigenvalue weighted by Crippen LogP contribution is 2.29. The molecule has 1 aromatic carbocycles. The van der Waals surface area contributed by atoms with Crippen LogP contribution >= 0.6 is 0 Å². The van der Waals surface area contributed by atoms with Crippen LogP contribution in [0, 0.1) is 20.8 Å². The third kappa shape index (κ3) is 3.65. The van der Waals surface area contributed by atoms with Gasteiger partial charge in [0.25, 0.3) is 11.6 Å². The van der Waals surface area contributed by atoms with E-state index in [1.807, 2.05) is 56.8 Å². The molecule has 8 nitrogen and oxygen atoms in total. The van der Waals surface area contributed by atoms with Gasteiger partial charge < -0.3 is 14.6 Å². The van der Waals surface area contributed by atoms with Crippen LogP contribution in [0.1, 0.15) is 46.0 Å². The second-order valence-electron chi connectivity index (χ2n) is 7.63. The van der Waals surface area contributed by atoms with Crippen LogP contribution in [-0.4, -0.2) is 32.9 Å². The number of nitrogens with one attached hydrogen (secondary N) is 1. The zero-order chi connectivity index (χ0) is 22.3. The quantitative estimate of drug-likeness (QED) is 0.524. The minimum absolute atomic E-state index is 0.214. The second kappa shape index (κ2) is 7.86. The van der Waals surface area contributed by atoms with Gasteiger partial charge >= 0.3 is 0 Å². The molecule has 3 heterocycles. The van der Waals surface area contributed by atoms with E-state index in [1.54, 1.807) is 20.1 Å². The van der Waals surface area contributed by atoms with Crippen molar-refractivity contribution >= 4 is 17.0 Å². The minimum Gasteiger partial charge on any atom is -0.497 e. The summed E-state index contributed by atoms with van der Waals surface area (Å²) in [6.07, 6.45) is 0. The average molecular weight is 419 g/mol. The number of carbonyl (C=O) groups is 1. The molecule has 0 radical (unpaired) electrons. The van der Waals surface area contributed by atoms with Gasteiger partial charge in [-0.15, -0.1) is 0 Å². The van der Waals surface area contributed by atoms with Gasteiger partial charge in [-0.3, -0.25) is 9.48 Å². The summed E-state index contributed by atoms with van der Waals surface area (Å²) in [5.41, 5.74) is 5.82. The molecule has 1 atom stereocenters. The summed E-state index contributed by atoms with van der Waals surface area (Å²) in [5, 5.41) is 12.2. The number of pyridine rings is 1. The van der Waals surface area contributed by atoms with Gasteiger partial charge in [-0.1, -0.05) is 5.16 Å². The number of amides is 1. The Kier molecular flexibility index (Phi) is 5.22. The van der Waals surface area contributed by atoms with Crippen LogP contribution in [0.15, 0.2) is 34.9 Å². The molecule has 0 bridgehead atoms. The third-order valence-corrected chi connectivity index (χ3v) is 5.59. The first-order valence-electron chi connectivity index (χ1n) is 10.0. The molecular formula is C23H25N5O3. The van der Waals surface area contributed by atoms with Crippen molar-refractivity contribution in [2.45, 2.75) is 33.7 Å². The molecular weight excluding hydrogens is 394 g/mol. The number of aromatic nitrogens is 4. The van der Waals surface area contributed by atoms with E-state index in [2.05, 4.69) is 20.6 Å². The van der Waals surface area contributed by atoms with E-state index in [9.17, 15) is 4.79 Å². The lowest BCUT2D eigenvalue weighted by Crippen LogP contribution is -2.27. The molecule has 8 heteroatoms. The molecule has 1 unspecified atom stereocenters. The first kappa shape index (κ1) is 20.6. The molecule has 3 aromatic heterocycles. The van der Waals surface area contributed by atoms with E-state index in [0.717, 1.165) is 28.3 Å². The van der Waals surface area contributed by atoms with Crippen molar-refractivity contribution in [2.24, 2.45) is 7.05 Å². The fraction of sp³-hybridized carbons (Fsp3) is 0.304. The summed E-state index contributed by atoms with van der Waals surface area (Å²) in [6, 6.07) is 9.05. The van der Waals surface area contributed by atoms with E-state index in [0.29, 0.717) is 28.1 Å². The smallest absolute Gasteiger partial charge is 0.259 e. The van der Waals surface area contributed by atoms with Crippen LogP contribution in [-0.2, 0) is 7.05 Å². The second-order valence-corrected chi connectivity index (χ2v) is 7.63. The highest BCUT2D eigenvalue weighted by molar-refractivity contribution is 6.07. The molecule has 0 saturated heterocycles. The summed E-state index contributed by atoms with van der Waals surface area (Å²) < 4.78 is 12.4. The number of carbonyl (C=O) groups excluding carboxylic acids is 1. The lowest BCUT2D eigenvalue weighted by molar-refractivity contribution is 0.0941.